The van der Waals surface area contributed by atoms with Crippen molar-refractivity contribution in [1.82, 2.24) is 0 Å². The predicted molar refractivity (Wildman–Crippen MR) is 174 cm³/mol. The summed E-state index contributed by atoms with van der Waals surface area (Å²) in [7, 11) is 0. The zero-order chi connectivity index (χ0) is 34.6. The minimum Gasteiger partial charge on any atom is -0.465 e. The molecule has 5 aliphatic rings. The van der Waals surface area contributed by atoms with Gasteiger partial charge >= 0.3 is 17.9 Å². The second-order valence-electron chi connectivity index (χ2n) is 18.4. The number of esters is 3. The van der Waals surface area contributed by atoms with Crippen molar-refractivity contribution in [3.63, 3.8) is 0 Å². The molecule has 0 radical (unpaired) electrons. The third-order valence-electron chi connectivity index (χ3n) is 10.8. The Bertz CT molecular complexity index is 955. The molecule has 5 saturated heterocycles. The van der Waals surface area contributed by atoms with Crippen LogP contribution < -0.4 is 0 Å². The molecule has 0 N–H and O–H groups in total. The van der Waals surface area contributed by atoms with E-state index in [9.17, 15) is 14.4 Å². The summed E-state index contributed by atoms with van der Waals surface area (Å²) in [5.74, 6) is -0.206. The number of ether oxygens (including phenoxy) is 5. The summed E-state index contributed by atoms with van der Waals surface area (Å²) in [5.41, 5.74) is 0.683. The van der Waals surface area contributed by atoms with Gasteiger partial charge in [-0.3, -0.25) is 14.4 Å². The van der Waals surface area contributed by atoms with Crippen LogP contribution in [0, 0.1) is 37.9 Å². The lowest BCUT2D eigenvalue weighted by Gasteiger charge is -2.31. The Morgan fingerprint density at radius 1 is 0.477 bits per heavy atom. The standard InChI is InChI=1S/2C8H14O2.C8H16O.C6H10O2.C6H12O/c1-7(2)5-10-6(9)8(7,3)4;1-7(2)5-6(9)10-8(7,3)4;1-7(2)5-9-6-8(7,3)4;1-6(2)3-5(7)8-4-6;1-6(2)3-4-7-5-6/h2*5H2,1-4H3;5-6H2,1-4H3;3-4H2,1-2H3;3-5H2,1-2H3. The molecule has 0 amide bonds. The van der Waals surface area contributed by atoms with Crippen molar-refractivity contribution in [1.29, 1.82) is 0 Å². The molecule has 0 aromatic heterocycles. The second-order valence-corrected chi connectivity index (χ2v) is 18.4. The van der Waals surface area contributed by atoms with Crippen LogP contribution in [0.2, 0.25) is 0 Å². The van der Waals surface area contributed by atoms with E-state index in [1.165, 1.54) is 6.42 Å². The predicted octanol–water partition coefficient (Wildman–Crippen LogP) is 7.80. The van der Waals surface area contributed by atoms with Gasteiger partial charge in [-0.05, 0) is 50.4 Å². The molecule has 258 valence electrons. The number of hydrogen-bond acceptors (Lipinski definition) is 8. The Morgan fingerprint density at radius 3 is 1.11 bits per heavy atom. The largest absolute Gasteiger partial charge is 0.465 e. The highest BCUT2D eigenvalue weighted by Crippen LogP contribution is 2.45. The van der Waals surface area contributed by atoms with E-state index in [0.717, 1.165) is 26.4 Å². The molecule has 0 aromatic rings. The van der Waals surface area contributed by atoms with E-state index in [0.29, 0.717) is 42.3 Å². The molecule has 0 aromatic carbocycles. The Balaban J connectivity index is 0.000000276. The number of cyclic esters (lactones) is 3. The van der Waals surface area contributed by atoms with Gasteiger partial charge in [-0.25, -0.2) is 0 Å². The first-order valence-electron chi connectivity index (χ1n) is 16.2. The maximum atomic E-state index is 11.1. The van der Waals surface area contributed by atoms with Crippen LogP contribution >= 0.6 is 0 Å². The second kappa shape index (κ2) is 14.0. The first-order chi connectivity index (χ1) is 19.5. The van der Waals surface area contributed by atoms with Gasteiger partial charge in [0.25, 0.3) is 0 Å². The fraction of sp³-hybridized carbons (Fsp3) is 0.917. The SMILES string of the molecule is CC1(C)CC(=O)OC1(C)C.CC1(C)CCOC1.CC1(C)COC(=O)C1.CC1(C)COC(=O)C1(C)C.CC1(C)COCC1(C)C. The summed E-state index contributed by atoms with van der Waals surface area (Å²) < 4.78 is 25.3. The highest BCUT2D eigenvalue weighted by molar-refractivity contribution is 5.79. The van der Waals surface area contributed by atoms with Gasteiger partial charge in [0.2, 0.25) is 0 Å². The molecule has 0 aliphatic carbocycles. The van der Waals surface area contributed by atoms with Crippen LogP contribution in [0.25, 0.3) is 0 Å². The van der Waals surface area contributed by atoms with Crippen LogP contribution in [-0.2, 0) is 38.1 Å². The van der Waals surface area contributed by atoms with Gasteiger partial charge in [0, 0.05) is 22.9 Å². The quantitative estimate of drug-likeness (QED) is 0.199. The smallest absolute Gasteiger partial charge is 0.312 e. The summed E-state index contributed by atoms with van der Waals surface area (Å²) >= 11 is 0. The first-order valence-corrected chi connectivity index (χ1v) is 16.2. The molecule has 5 aliphatic heterocycles. The molecule has 5 heterocycles. The van der Waals surface area contributed by atoms with E-state index in [1.807, 2.05) is 41.5 Å². The van der Waals surface area contributed by atoms with Gasteiger partial charge in [-0.15, -0.1) is 0 Å². The zero-order valence-electron chi connectivity index (χ0n) is 31.1. The lowest BCUT2D eigenvalue weighted by molar-refractivity contribution is -0.148. The maximum absolute atomic E-state index is 11.1. The van der Waals surface area contributed by atoms with E-state index in [1.54, 1.807) is 0 Å². The molecule has 8 heteroatoms. The molecule has 0 bridgehead atoms. The average Bonchev–Trinajstić information content (AvgIpc) is 3.54. The van der Waals surface area contributed by atoms with E-state index in [4.69, 9.17) is 23.7 Å². The lowest BCUT2D eigenvalue weighted by atomic mass is 9.70. The van der Waals surface area contributed by atoms with E-state index >= 15 is 0 Å². The molecule has 44 heavy (non-hydrogen) atoms. The van der Waals surface area contributed by atoms with Crippen molar-refractivity contribution < 1.29 is 38.1 Å². The van der Waals surface area contributed by atoms with Gasteiger partial charge in [-0.2, -0.15) is 0 Å². The topological polar surface area (TPSA) is 97.4 Å². The van der Waals surface area contributed by atoms with Crippen LogP contribution in [-0.4, -0.2) is 63.2 Å². The molecule has 0 unspecified atom stereocenters. The van der Waals surface area contributed by atoms with E-state index in [-0.39, 0.29) is 45.2 Å². The molecule has 0 saturated carbocycles. The van der Waals surface area contributed by atoms with E-state index < -0.39 is 0 Å². The van der Waals surface area contributed by atoms with Gasteiger partial charge in [0.15, 0.2) is 0 Å². The fourth-order valence-corrected chi connectivity index (χ4v) is 4.41. The van der Waals surface area contributed by atoms with Crippen molar-refractivity contribution in [2.24, 2.45) is 37.9 Å². The van der Waals surface area contributed by atoms with Crippen LogP contribution in [0.5, 0.6) is 0 Å². The van der Waals surface area contributed by atoms with Crippen LogP contribution in [0.3, 0.4) is 0 Å². The molecular formula is C36H66O8. The van der Waals surface area contributed by atoms with Gasteiger partial charge in [0.05, 0.1) is 51.3 Å². The Labute approximate surface area is 269 Å². The molecule has 5 rings (SSSR count). The summed E-state index contributed by atoms with van der Waals surface area (Å²) in [5, 5.41) is 0. The monoisotopic (exact) mass is 626 g/mol. The first kappa shape index (κ1) is 40.4. The minimum absolute atomic E-state index is 0.00984. The fourth-order valence-electron chi connectivity index (χ4n) is 4.41. The van der Waals surface area contributed by atoms with Crippen LogP contribution in [0.15, 0.2) is 0 Å². The highest BCUT2D eigenvalue weighted by atomic mass is 16.6. The molecular weight excluding hydrogens is 560 g/mol. The average molecular weight is 627 g/mol. The maximum Gasteiger partial charge on any atom is 0.312 e. The van der Waals surface area contributed by atoms with Crippen molar-refractivity contribution >= 4 is 17.9 Å². The van der Waals surface area contributed by atoms with Gasteiger partial charge < -0.3 is 23.7 Å². The third-order valence-corrected chi connectivity index (χ3v) is 10.8. The summed E-state index contributed by atoms with van der Waals surface area (Å²) in [6, 6.07) is 0. The van der Waals surface area contributed by atoms with Crippen molar-refractivity contribution in [2.75, 3.05) is 39.6 Å². The lowest BCUT2D eigenvalue weighted by Crippen LogP contribution is -2.34. The molecule has 0 atom stereocenters. The Morgan fingerprint density at radius 2 is 1.00 bits per heavy atom. The van der Waals surface area contributed by atoms with Crippen LogP contribution in [0.1, 0.15) is 130 Å². The highest BCUT2D eigenvalue weighted by Gasteiger charge is 2.50. The van der Waals surface area contributed by atoms with E-state index in [2.05, 4.69) is 69.2 Å². The molecule has 0 spiro atoms. The normalized spacial score (nSPS) is 28.2. The number of rotatable bonds is 0. The third kappa shape index (κ3) is 11.0. The van der Waals surface area contributed by atoms with Crippen molar-refractivity contribution in [2.45, 2.75) is 136 Å². The van der Waals surface area contributed by atoms with Crippen molar-refractivity contribution in [3.05, 3.63) is 0 Å². The van der Waals surface area contributed by atoms with Crippen LogP contribution in [0.4, 0.5) is 0 Å². The van der Waals surface area contributed by atoms with Gasteiger partial charge in [0.1, 0.15) is 5.60 Å². The Hall–Kier alpha value is -1.67. The minimum atomic E-state index is -0.312. The molecule has 5 fully saturated rings. The number of hydrogen-bond donors (Lipinski definition) is 0. The Kier molecular flexibility index (Phi) is 12.8. The number of carbonyl (C=O) groups excluding carboxylic acids is 3. The summed E-state index contributed by atoms with van der Waals surface area (Å²) in [6.45, 7) is 38.5. The van der Waals surface area contributed by atoms with Crippen molar-refractivity contribution in [3.8, 4) is 0 Å². The summed E-state index contributed by atoms with van der Waals surface area (Å²) in [4.78, 5) is 32.4. The number of carbonyl (C=O) groups is 3. The molecule has 8 nitrogen and oxygen atoms in total. The summed E-state index contributed by atoms with van der Waals surface area (Å²) in [6.07, 6.45) is 2.35. The van der Waals surface area contributed by atoms with Gasteiger partial charge in [-0.1, -0.05) is 83.1 Å². The zero-order valence-corrected chi connectivity index (χ0v) is 31.1.